The summed E-state index contributed by atoms with van der Waals surface area (Å²) in [4.78, 5) is 14.0. The maximum absolute atomic E-state index is 6.43. The van der Waals surface area contributed by atoms with Gasteiger partial charge in [0.1, 0.15) is 28.3 Å². The van der Waals surface area contributed by atoms with E-state index in [4.69, 9.17) is 9.40 Å². The molecule has 160 valence electrons. The van der Waals surface area contributed by atoms with Crippen LogP contribution in [0.25, 0.3) is 61.3 Å². The summed E-state index contributed by atoms with van der Waals surface area (Å²) in [5.41, 5.74) is 6.64. The first-order valence-corrected chi connectivity index (χ1v) is 11.1. The molecular weight excluding hydrogens is 420 g/mol. The number of para-hydroxylation sites is 1. The van der Waals surface area contributed by atoms with Crippen LogP contribution in [0.15, 0.2) is 114 Å². The standard InChI is InChI=1S/C29H18N4O/c1-2-8-19(9-3-1)22-18-23-27(26-21-10-4-5-11-24(21)34-28(22)26)32-29(20-13-16-30-17-14-20)33(23)25-12-6-7-15-31-25/h1-18H. The molecule has 0 unspecified atom stereocenters. The normalized spacial score (nSPS) is 11.5. The van der Waals surface area contributed by atoms with Crippen molar-refractivity contribution in [3.8, 4) is 28.3 Å². The molecule has 4 aromatic heterocycles. The third-order valence-electron chi connectivity index (χ3n) is 6.17. The lowest BCUT2D eigenvalue weighted by Crippen LogP contribution is -2.00. The Morgan fingerprint density at radius 2 is 1.50 bits per heavy atom. The van der Waals surface area contributed by atoms with Gasteiger partial charge in [0.05, 0.1) is 10.9 Å². The number of imidazole rings is 1. The van der Waals surface area contributed by atoms with Crippen molar-refractivity contribution in [2.75, 3.05) is 0 Å². The molecule has 0 amide bonds. The summed E-state index contributed by atoms with van der Waals surface area (Å²) in [6, 6.07) is 30.5. The molecule has 34 heavy (non-hydrogen) atoms. The highest BCUT2D eigenvalue weighted by Gasteiger charge is 2.23. The highest BCUT2D eigenvalue weighted by molar-refractivity contribution is 6.21. The maximum atomic E-state index is 6.43. The van der Waals surface area contributed by atoms with Crippen LogP contribution in [0.4, 0.5) is 0 Å². The predicted molar refractivity (Wildman–Crippen MR) is 135 cm³/mol. The van der Waals surface area contributed by atoms with Gasteiger partial charge in [0.25, 0.3) is 0 Å². The molecule has 5 nitrogen and oxygen atoms in total. The zero-order chi connectivity index (χ0) is 22.5. The highest BCUT2D eigenvalue weighted by atomic mass is 16.3. The fourth-order valence-electron chi connectivity index (χ4n) is 4.67. The minimum absolute atomic E-state index is 0.808. The van der Waals surface area contributed by atoms with Crippen molar-refractivity contribution in [2.45, 2.75) is 0 Å². The molecule has 0 radical (unpaired) electrons. The first kappa shape index (κ1) is 18.8. The smallest absolute Gasteiger partial charge is 0.147 e. The molecule has 0 saturated heterocycles. The van der Waals surface area contributed by atoms with Gasteiger partial charge in [0.2, 0.25) is 0 Å². The van der Waals surface area contributed by atoms with E-state index in [1.54, 1.807) is 18.6 Å². The second-order valence-electron chi connectivity index (χ2n) is 8.15. The second-order valence-corrected chi connectivity index (χ2v) is 8.15. The number of aromatic nitrogens is 4. The lowest BCUT2D eigenvalue weighted by atomic mass is 10.0. The van der Waals surface area contributed by atoms with Crippen molar-refractivity contribution in [3.05, 3.63) is 110 Å². The van der Waals surface area contributed by atoms with Crippen molar-refractivity contribution in [2.24, 2.45) is 0 Å². The molecule has 0 aliphatic heterocycles. The summed E-state index contributed by atoms with van der Waals surface area (Å²) in [7, 11) is 0. The van der Waals surface area contributed by atoms with Crippen molar-refractivity contribution < 1.29 is 4.42 Å². The minimum Gasteiger partial charge on any atom is -0.455 e. The number of benzene rings is 3. The summed E-state index contributed by atoms with van der Waals surface area (Å²) in [5, 5.41) is 2.06. The predicted octanol–water partition coefficient (Wildman–Crippen LogP) is 7.05. The Kier molecular flexibility index (Phi) is 4.08. The summed E-state index contributed by atoms with van der Waals surface area (Å²) in [5.74, 6) is 1.62. The number of fused-ring (bicyclic) bond motifs is 5. The van der Waals surface area contributed by atoms with E-state index in [0.717, 1.165) is 61.3 Å². The second kappa shape index (κ2) is 7.39. The SMILES string of the molecule is c1ccc(-c2cc3c(nc(-c4ccncc4)n3-c3ccccn3)c3c2oc2ccccc23)cc1. The minimum atomic E-state index is 0.808. The van der Waals surface area contributed by atoms with Crippen molar-refractivity contribution in [1.29, 1.82) is 0 Å². The van der Waals surface area contributed by atoms with Gasteiger partial charge in [-0.1, -0.05) is 54.6 Å². The Morgan fingerprint density at radius 3 is 2.32 bits per heavy atom. The molecule has 0 bridgehead atoms. The fourth-order valence-corrected chi connectivity index (χ4v) is 4.67. The zero-order valence-electron chi connectivity index (χ0n) is 18.1. The van der Waals surface area contributed by atoms with Crippen molar-refractivity contribution >= 4 is 33.0 Å². The molecule has 0 aliphatic carbocycles. The molecule has 7 aromatic rings. The van der Waals surface area contributed by atoms with Gasteiger partial charge in [-0.2, -0.15) is 0 Å². The lowest BCUT2D eigenvalue weighted by molar-refractivity contribution is 0.670. The quantitative estimate of drug-likeness (QED) is 0.297. The highest BCUT2D eigenvalue weighted by Crippen LogP contribution is 2.42. The number of rotatable bonds is 3. The average molecular weight is 438 g/mol. The lowest BCUT2D eigenvalue weighted by Gasteiger charge is -2.09. The molecule has 0 spiro atoms. The van der Waals surface area contributed by atoms with Gasteiger partial charge in [-0.3, -0.25) is 9.55 Å². The fraction of sp³-hybridized carbons (Fsp3) is 0. The number of hydrogen-bond donors (Lipinski definition) is 0. The van der Waals surface area contributed by atoms with Crippen LogP contribution in [0.2, 0.25) is 0 Å². The van der Waals surface area contributed by atoms with Crippen LogP contribution in [0.3, 0.4) is 0 Å². The molecule has 4 heterocycles. The summed E-state index contributed by atoms with van der Waals surface area (Å²) < 4.78 is 8.56. The van der Waals surface area contributed by atoms with Gasteiger partial charge in [-0.15, -0.1) is 0 Å². The maximum Gasteiger partial charge on any atom is 0.147 e. The molecule has 0 atom stereocenters. The van der Waals surface area contributed by atoms with Crippen molar-refractivity contribution in [3.63, 3.8) is 0 Å². The molecule has 7 rings (SSSR count). The van der Waals surface area contributed by atoms with E-state index >= 15 is 0 Å². The molecule has 0 aliphatic rings. The Balaban J connectivity index is 1.71. The van der Waals surface area contributed by atoms with Gasteiger partial charge in [0.15, 0.2) is 0 Å². The number of furan rings is 1. The van der Waals surface area contributed by atoms with Crippen LogP contribution >= 0.6 is 0 Å². The van der Waals surface area contributed by atoms with E-state index in [9.17, 15) is 0 Å². The molecule has 0 fully saturated rings. The van der Waals surface area contributed by atoms with Gasteiger partial charge in [-0.05, 0) is 42.0 Å². The average Bonchev–Trinajstić information content (AvgIpc) is 3.48. The van der Waals surface area contributed by atoms with Crippen molar-refractivity contribution in [1.82, 2.24) is 19.5 Å². The number of pyridine rings is 2. The Bertz CT molecular complexity index is 1790. The zero-order valence-corrected chi connectivity index (χ0v) is 18.1. The van der Waals surface area contributed by atoms with E-state index in [1.807, 2.05) is 66.7 Å². The summed E-state index contributed by atoms with van der Waals surface area (Å²) >= 11 is 0. The molecule has 0 saturated carbocycles. The first-order valence-electron chi connectivity index (χ1n) is 11.1. The largest absolute Gasteiger partial charge is 0.455 e. The van der Waals surface area contributed by atoms with Gasteiger partial charge >= 0.3 is 0 Å². The third-order valence-corrected chi connectivity index (χ3v) is 6.17. The number of hydrogen-bond acceptors (Lipinski definition) is 4. The summed E-state index contributed by atoms with van der Waals surface area (Å²) in [6.45, 7) is 0. The molecular formula is C29H18N4O. The van der Waals surface area contributed by atoms with Crippen LogP contribution in [0.1, 0.15) is 0 Å². The Hall–Kier alpha value is -4.77. The van der Waals surface area contributed by atoms with Gasteiger partial charge in [-0.25, -0.2) is 9.97 Å². The number of nitrogens with zero attached hydrogens (tertiary/aromatic N) is 4. The van der Waals surface area contributed by atoms with E-state index in [0.29, 0.717) is 0 Å². The Labute approximate surface area is 195 Å². The molecule has 5 heteroatoms. The van der Waals surface area contributed by atoms with Crippen LogP contribution in [-0.2, 0) is 0 Å². The van der Waals surface area contributed by atoms with E-state index in [-0.39, 0.29) is 0 Å². The van der Waals surface area contributed by atoms with E-state index in [1.165, 1.54) is 0 Å². The van der Waals surface area contributed by atoms with Gasteiger partial charge in [0, 0.05) is 35.1 Å². The summed E-state index contributed by atoms with van der Waals surface area (Å²) in [6.07, 6.45) is 5.38. The molecule has 0 N–H and O–H groups in total. The van der Waals surface area contributed by atoms with Crippen LogP contribution < -0.4 is 0 Å². The monoisotopic (exact) mass is 438 g/mol. The van der Waals surface area contributed by atoms with E-state index < -0.39 is 0 Å². The van der Waals surface area contributed by atoms with Crippen LogP contribution in [0, 0.1) is 0 Å². The topological polar surface area (TPSA) is 56.7 Å². The van der Waals surface area contributed by atoms with Crippen LogP contribution in [0.5, 0.6) is 0 Å². The first-order chi connectivity index (χ1) is 16.9. The third kappa shape index (κ3) is 2.77. The van der Waals surface area contributed by atoms with E-state index in [2.05, 4.69) is 38.8 Å². The van der Waals surface area contributed by atoms with Gasteiger partial charge < -0.3 is 4.42 Å². The molecule has 3 aromatic carbocycles. The Morgan fingerprint density at radius 1 is 0.706 bits per heavy atom. The van der Waals surface area contributed by atoms with Crippen LogP contribution in [-0.4, -0.2) is 19.5 Å².